The summed E-state index contributed by atoms with van der Waals surface area (Å²) in [7, 11) is 1.44. The highest BCUT2D eigenvalue weighted by Gasteiger charge is 2.43. The lowest BCUT2D eigenvalue weighted by Gasteiger charge is -2.15. The van der Waals surface area contributed by atoms with Gasteiger partial charge in [0, 0.05) is 18.0 Å². The number of fused-ring (bicyclic) bond motifs is 1. The van der Waals surface area contributed by atoms with E-state index in [-0.39, 0.29) is 29.9 Å². The molecule has 26 heavy (non-hydrogen) atoms. The van der Waals surface area contributed by atoms with E-state index >= 15 is 0 Å². The molecular formula is C18H34N4O4. The Kier molecular flexibility index (Phi) is 7.82. The van der Waals surface area contributed by atoms with Crippen molar-refractivity contribution in [1.29, 1.82) is 0 Å². The van der Waals surface area contributed by atoms with Gasteiger partial charge in [0.1, 0.15) is 12.1 Å². The summed E-state index contributed by atoms with van der Waals surface area (Å²) in [6, 6.07) is 0.465. The number of hydrogen-bond acceptors (Lipinski definition) is 8. The number of carbonyl (C=O) groups excluding carboxylic acids is 2. The van der Waals surface area contributed by atoms with Crippen molar-refractivity contribution in [3.05, 3.63) is 0 Å². The first-order chi connectivity index (χ1) is 12.3. The molecule has 1 aliphatic carbocycles. The van der Waals surface area contributed by atoms with E-state index in [9.17, 15) is 9.59 Å². The fourth-order valence-corrected chi connectivity index (χ4v) is 3.62. The zero-order chi connectivity index (χ0) is 19.3. The number of nitrogens with one attached hydrogen (secondary N) is 4. The van der Waals surface area contributed by atoms with Crippen LogP contribution in [-0.2, 0) is 19.1 Å². The molecule has 6 unspecified atom stereocenters. The van der Waals surface area contributed by atoms with Crippen LogP contribution in [0.3, 0.4) is 0 Å². The van der Waals surface area contributed by atoms with Gasteiger partial charge in [-0.05, 0) is 31.6 Å². The lowest BCUT2D eigenvalue weighted by Crippen LogP contribution is -2.39. The molecule has 8 nitrogen and oxygen atoms in total. The first-order valence-electron chi connectivity index (χ1n) is 9.61. The smallest absolute Gasteiger partial charge is 0.324 e. The molecular weight excluding hydrogens is 336 g/mol. The summed E-state index contributed by atoms with van der Waals surface area (Å²) in [5, 5.41) is 0. The van der Waals surface area contributed by atoms with Gasteiger partial charge in [-0.1, -0.05) is 27.2 Å². The second-order valence-corrected chi connectivity index (χ2v) is 7.93. The molecule has 2 heterocycles. The summed E-state index contributed by atoms with van der Waals surface area (Å²) in [4.78, 5) is 22.8. The van der Waals surface area contributed by atoms with Crippen molar-refractivity contribution in [3.8, 4) is 0 Å². The van der Waals surface area contributed by atoms with Crippen molar-refractivity contribution in [2.45, 2.75) is 71.1 Å². The van der Waals surface area contributed by atoms with Crippen LogP contribution in [-0.4, -0.2) is 49.8 Å². The molecule has 0 spiro atoms. The SMILES string of the molecule is CC(C)COC(=O)C1NNC(C)C1C.COC(=O)C1NNC2CCCC21. The molecule has 3 aliphatic rings. The van der Waals surface area contributed by atoms with Crippen LogP contribution >= 0.6 is 0 Å². The van der Waals surface area contributed by atoms with E-state index in [1.54, 1.807) is 0 Å². The average Bonchev–Trinajstić information content (AvgIpc) is 3.30. The van der Waals surface area contributed by atoms with Gasteiger partial charge in [-0.3, -0.25) is 20.4 Å². The number of ether oxygens (including phenoxy) is 2. The number of rotatable bonds is 4. The zero-order valence-corrected chi connectivity index (χ0v) is 16.5. The van der Waals surface area contributed by atoms with Gasteiger partial charge in [-0.25, -0.2) is 10.9 Å². The standard InChI is InChI=1S/C10H20N2O2.C8H14N2O2/c1-6(2)5-14-10(13)9-7(3)8(4)11-12-9;1-12-8(11)7-5-3-2-4-6(5)9-10-7/h6-9,11-12H,5H2,1-4H3;5-7,9-10H,2-4H2,1H3. The molecule has 8 heteroatoms. The van der Waals surface area contributed by atoms with E-state index in [1.807, 2.05) is 27.7 Å². The number of methoxy groups -OCH3 is 1. The van der Waals surface area contributed by atoms with Crippen LogP contribution in [0.5, 0.6) is 0 Å². The fourth-order valence-electron chi connectivity index (χ4n) is 3.62. The van der Waals surface area contributed by atoms with Gasteiger partial charge < -0.3 is 9.47 Å². The molecule has 3 rings (SSSR count). The van der Waals surface area contributed by atoms with Gasteiger partial charge in [0.05, 0.1) is 13.7 Å². The van der Waals surface area contributed by atoms with Crippen molar-refractivity contribution >= 4 is 11.9 Å². The summed E-state index contributed by atoms with van der Waals surface area (Å²) in [6.45, 7) is 8.64. The molecule has 0 bridgehead atoms. The zero-order valence-electron chi connectivity index (χ0n) is 16.5. The Hall–Kier alpha value is -1.22. The summed E-state index contributed by atoms with van der Waals surface area (Å²) >= 11 is 0. The minimum absolute atomic E-state index is 0.123. The summed E-state index contributed by atoms with van der Waals surface area (Å²) in [6.07, 6.45) is 3.52. The quantitative estimate of drug-likeness (QED) is 0.531. The van der Waals surface area contributed by atoms with E-state index in [0.29, 0.717) is 30.5 Å². The minimum atomic E-state index is -0.205. The largest absolute Gasteiger partial charge is 0.468 e. The number of hydrogen-bond donors (Lipinski definition) is 4. The first-order valence-corrected chi connectivity index (χ1v) is 9.61. The maximum atomic E-state index is 11.6. The van der Waals surface area contributed by atoms with Gasteiger partial charge in [-0.2, -0.15) is 0 Å². The lowest BCUT2D eigenvalue weighted by atomic mass is 9.98. The maximum absolute atomic E-state index is 11.6. The molecule has 6 atom stereocenters. The molecule has 1 saturated carbocycles. The molecule has 0 radical (unpaired) electrons. The summed E-state index contributed by atoms with van der Waals surface area (Å²) in [5.74, 6) is 0.813. The van der Waals surface area contributed by atoms with Crippen LogP contribution in [0.1, 0.15) is 47.0 Å². The second kappa shape index (κ2) is 9.64. The molecule has 2 saturated heterocycles. The third-order valence-corrected chi connectivity index (χ3v) is 5.47. The van der Waals surface area contributed by atoms with E-state index in [1.165, 1.54) is 20.0 Å². The third kappa shape index (κ3) is 5.16. The maximum Gasteiger partial charge on any atom is 0.324 e. The van der Waals surface area contributed by atoms with Crippen LogP contribution in [0.15, 0.2) is 0 Å². The lowest BCUT2D eigenvalue weighted by molar-refractivity contribution is -0.148. The predicted octanol–water partition coefficient (Wildman–Crippen LogP) is 0.491. The Labute approximate surface area is 156 Å². The molecule has 2 aliphatic heterocycles. The van der Waals surface area contributed by atoms with Gasteiger partial charge in [0.25, 0.3) is 0 Å². The minimum Gasteiger partial charge on any atom is -0.468 e. The fraction of sp³-hybridized carbons (Fsp3) is 0.889. The Morgan fingerprint density at radius 1 is 1.00 bits per heavy atom. The van der Waals surface area contributed by atoms with Crippen molar-refractivity contribution in [3.63, 3.8) is 0 Å². The molecule has 150 valence electrons. The Morgan fingerprint density at radius 3 is 2.27 bits per heavy atom. The number of hydrazine groups is 2. The molecule has 3 fully saturated rings. The third-order valence-electron chi connectivity index (χ3n) is 5.47. The topological polar surface area (TPSA) is 101 Å². The molecule has 0 aromatic carbocycles. The molecule has 4 N–H and O–H groups in total. The van der Waals surface area contributed by atoms with Crippen LogP contribution < -0.4 is 21.7 Å². The van der Waals surface area contributed by atoms with Crippen LogP contribution in [0.25, 0.3) is 0 Å². The molecule has 0 aromatic heterocycles. The monoisotopic (exact) mass is 370 g/mol. The van der Waals surface area contributed by atoms with Gasteiger partial charge in [0.15, 0.2) is 0 Å². The summed E-state index contributed by atoms with van der Waals surface area (Å²) < 4.78 is 9.87. The van der Waals surface area contributed by atoms with Gasteiger partial charge >= 0.3 is 11.9 Å². The van der Waals surface area contributed by atoms with Crippen molar-refractivity contribution < 1.29 is 19.1 Å². The van der Waals surface area contributed by atoms with Crippen molar-refractivity contribution in [1.82, 2.24) is 21.7 Å². The number of esters is 2. The average molecular weight is 370 g/mol. The Morgan fingerprint density at radius 2 is 1.69 bits per heavy atom. The molecule has 0 aromatic rings. The van der Waals surface area contributed by atoms with Gasteiger partial charge in [0.2, 0.25) is 0 Å². The van der Waals surface area contributed by atoms with Crippen molar-refractivity contribution in [2.24, 2.45) is 17.8 Å². The Bertz CT molecular complexity index is 488. The predicted molar refractivity (Wildman–Crippen MR) is 97.7 cm³/mol. The first kappa shape index (κ1) is 21.1. The second-order valence-electron chi connectivity index (χ2n) is 7.93. The normalized spacial score (nSPS) is 35.6. The number of carbonyl (C=O) groups is 2. The Balaban J connectivity index is 0.000000189. The molecule has 0 amide bonds. The highest BCUT2D eigenvalue weighted by molar-refractivity contribution is 5.77. The van der Waals surface area contributed by atoms with E-state index in [0.717, 1.165) is 6.42 Å². The highest BCUT2D eigenvalue weighted by Crippen LogP contribution is 2.31. The van der Waals surface area contributed by atoms with E-state index in [4.69, 9.17) is 9.47 Å². The van der Waals surface area contributed by atoms with Crippen molar-refractivity contribution in [2.75, 3.05) is 13.7 Å². The van der Waals surface area contributed by atoms with Crippen LogP contribution in [0, 0.1) is 17.8 Å². The van der Waals surface area contributed by atoms with Crippen LogP contribution in [0.2, 0.25) is 0 Å². The van der Waals surface area contributed by atoms with Gasteiger partial charge in [-0.15, -0.1) is 0 Å². The van der Waals surface area contributed by atoms with Crippen LogP contribution in [0.4, 0.5) is 0 Å². The van der Waals surface area contributed by atoms with E-state index in [2.05, 4.69) is 21.7 Å². The van der Waals surface area contributed by atoms with E-state index < -0.39 is 0 Å². The highest BCUT2D eigenvalue weighted by atomic mass is 16.5. The summed E-state index contributed by atoms with van der Waals surface area (Å²) in [5.41, 5.74) is 12.1.